The van der Waals surface area contributed by atoms with Gasteiger partial charge in [-0.15, -0.1) is 0 Å². The van der Waals surface area contributed by atoms with Crippen molar-refractivity contribution in [2.45, 2.75) is 46.6 Å². The van der Waals surface area contributed by atoms with Crippen LogP contribution in [0.25, 0.3) is 0 Å². The molecule has 0 amide bonds. The van der Waals surface area contributed by atoms with E-state index in [-0.39, 0.29) is 17.0 Å². The molecule has 5 heteroatoms. The molecular weight excluding hydrogens is 419 g/mol. The van der Waals surface area contributed by atoms with E-state index in [1.54, 1.807) is 12.1 Å². The summed E-state index contributed by atoms with van der Waals surface area (Å²) in [6.07, 6.45) is 1.20. The van der Waals surface area contributed by atoms with Crippen molar-refractivity contribution in [2.75, 3.05) is 10.6 Å². The lowest BCUT2D eigenvalue weighted by Crippen LogP contribution is -2.31. The predicted molar refractivity (Wildman–Crippen MR) is 115 cm³/mol. The number of allylic oxidation sites excluding steroid dienone is 1. The van der Waals surface area contributed by atoms with Crippen molar-refractivity contribution in [1.29, 1.82) is 0 Å². The zero-order chi connectivity index (χ0) is 20.2. The van der Waals surface area contributed by atoms with E-state index in [4.69, 9.17) is 0 Å². The number of nitrogens with one attached hydrogen (secondary N) is 2. The molecule has 0 spiro atoms. The molecule has 0 fully saturated rings. The molecule has 4 rings (SSSR count). The van der Waals surface area contributed by atoms with Gasteiger partial charge < -0.3 is 10.6 Å². The van der Waals surface area contributed by atoms with Gasteiger partial charge in [-0.25, -0.2) is 4.39 Å². The molecular formula is C23H24BrFN2O. The van der Waals surface area contributed by atoms with Crippen molar-refractivity contribution >= 4 is 33.1 Å². The first-order chi connectivity index (χ1) is 13.1. The minimum Gasteiger partial charge on any atom is -0.372 e. The lowest BCUT2D eigenvalue weighted by Gasteiger charge is -2.34. The van der Waals surface area contributed by atoms with Crippen LogP contribution in [0.4, 0.5) is 15.8 Å². The summed E-state index contributed by atoms with van der Waals surface area (Å²) in [6, 6.07) is 8.50. The van der Waals surface area contributed by atoms with Crippen LogP contribution in [-0.4, -0.2) is 5.78 Å². The second-order valence-corrected chi connectivity index (χ2v) is 9.60. The Morgan fingerprint density at radius 2 is 1.75 bits per heavy atom. The van der Waals surface area contributed by atoms with E-state index in [9.17, 15) is 9.18 Å². The standard InChI is InChI=1S/C23H24BrFN2O/c1-12-7-17-18(8-13(12)2)27-22(15-9-14(24)5-6-16(15)25)21-19(26-17)10-23(3,4)11-20(21)28/h5-9,22,26-27H,10-11H2,1-4H3/t22-/m0/s1. The number of anilines is 2. The molecule has 2 N–H and O–H groups in total. The highest BCUT2D eigenvalue weighted by atomic mass is 79.9. The van der Waals surface area contributed by atoms with E-state index in [0.29, 0.717) is 17.6 Å². The first kappa shape index (κ1) is 19.2. The first-order valence-electron chi connectivity index (χ1n) is 9.51. The normalized spacial score (nSPS) is 20.6. The quantitative estimate of drug-likeness (QED) is 0.534. The van der Waals surface area contributed by atoms with Gasteiger partial charge in [0.25, 0.3) is 0 Å². The van der Waals surface area contributed by atoms with E-state index in [1.165, 1.54) is 11.6 Å². The monoisotopic (exact) mass is 442 g/mol. The van der Waals surface area contributed by atoms with Crippen molar-refractivity contribution in [1.82, 2.24) is 0 Å². The van der Waals surface area contributed by atoms with Crippen LogP contribution in [0.5, 0.6) is 0 Å². The third-order valence-corrected chi connectivity index (χ3v) is 6.19. The van der Waals surface area contributed by atoms with Crippen molar-refractivity contribution in [3.8, 4) is 0 Å². The lowest BCUT2D eigenvalue weighted by molar-refractivity contribution is -0.118. The van der Waals surface area contributed by atoms with Gasteiger partial charge in [0.15, 0.2) is 5.78 Å². The summed E-state index contributed by atoms with van der Waals surface area (Å²) in [7, 11) is 0. The van der Waals surface area contributed by atoms with Gasteiger partial charge in [-0.2, -0.15) is 0 Å². The minimum absolute atomic E-state index is 0.0666. The van der Waals surface area contributed by atoms with Crippen LogP contribution in [0.1, 0.15) is 49.4 Å². The predicted octanol–water partition coefficient (Wildman–Crippen LogP) is 6.43. The number of fused-ring (bicyclic) bond motifs is 1. The van der Waals surface area contributed by atoms with Gasteiger partial charge in [-0.3, -0.25) is 4.79 Å². The molecule has 3 nitrogen and oxygen atoms in total. The second kappa shape index (κ2) is 6.73. The molecule has 1 aliphatic carbocycles. The van der Waals surface area contributed by atoms with E-state index in [2.05, 4.69) is 66.4 Å². The summed E-state index contributed by atoms with van der Waals surface area (Å²) in [5, 5.41) is 6.98. The van der Waals surface area contributed by atoms with Crippen LogP contribution in [0.3, 0.4) is 0 Å². The molecule has 0 bridgehead atoms. The maximum absolute atomic E-state index is 14.8. The van der Waals surface area contributed by atoms with Gasteiger partial charge in [0.1, 0.15) is 5.82 Å². The number of rotatable bonds is 1. The van der Waals surface area contributed by atoms with Crippen molar-refractivity contribution in [3.05, 3.63) is 68.6 Å². The number of Topliss-reactive ketones (excluding diaryl/α,β-unsaturated/α-hetero) is 1. The van der Waals surface area contributed by atoms with E-state index in [0.717, 1.165) is 33.5 Å². The largest absolute Gasteiger partial charge is 0.372 e. The maximum Gasteiger partial charge on any atom is 0.163 e. The van der Waals surface area contributed by atoms with Gasteiger partial charge in [0.05, 0.1) is 17.4 Å². The fourth-order valence-electron chi connectivity index (χ4n) is 4.18. The molecule has 28 heavy (non-hydrogen) atoms. The topological polar surface area (TPSA) is 41.1 Å². The van der Waals surface area contributed by atoms with Crippen molar-refractivity contribution < 1.29 is 9.18 Å². The van der Waals surface area contributed by atoms with Crippen LogP contribution in [0.2, 0.25) is 0 Å². The van der Waals surface area contributed by atoms with Crippen LogP contribution in [0.15, 0.2) is 46.1 Å². The number of benzene rings is 2. The van der Waals surface area contributed by atoms with Gasteiger partial charge in [-0.05, 0) is 67.1 Å². The van der Waals surface area contributed by atoms with Gasteiger partial charge >= 0.3 is 0 Å². The molecule has 0 unspecified atom stereocenters. The Bertz CT molecular complexity index is 1030. The number of ketones is 1. The zero-order valence-electron chi connectivity index (χ0n) is 16.5. The van der Waals surface area contributed by atoms with Crippen LogP contribution in [0, 0.1) is 25.1 Å². The van der Waals surface area contributed by atoms with Crippen LogP contribution >= 0.6 is 15.9 Å². The van der Waals surface area contributed by atoms with Gasteiger partial charge in [0.2, 0.25) is 0 Å². The lowest BCUT2D eigenvalue weighted by atomic mass is 9.73. The number of halogens is 2. The van der Waals surface area contributed by atoms with Crippen LogP contribution in [-0.2, 0) is 4.79 Å². The molecule has 1 aliphatic heterocycles. The van der Waals surface area contributed by atoms with E-state index < -0.39 is 6.04 Å². The highest BCUT2D eigenvalue weighted by Crippen LogP contribution is 2.46. The van der Waals surface area contributed by atoms with Gasteiger partial charge in [-0.1, -0.05) is 29.8 Å². The molecule has 146 valence electrons. The zero-order valence-corrected chi connectivity index (χ0v) is 18.1. The number of carbonyl (C=O) groups excluding carboxylic acids is 1. The highest BCUT2D eigenvalue weighted by molar-refractivity contribution is 9.10. The fraction of sp³-hybridized carbons (Fsp3) is 0.348. The fourth-order valence-corrected chi connectivity index (χ4v) is 4.56. The summed E-state index contributed by atoms with van der Waals surface area (Å²) in [5.74, 6) is -0.255. The molecule has 2 aromatic carbocycles. The summed E-state index contributed by atoms with van der Waals surface area (Å²) in [4.78, 5) is 13.2. The molecule has 0 aromatic heterocycles. The van der Waals surface area contributed by atoms with Crippen LogP contribution < -0.4 is 10.6 Å². The maximum atomic E-state index is 14.8. The highest BCUT2D eigenvalue weighted by Gasteiger charge is 2.39. The SMILES string of the molecule is Cc1cc2c(cc1C)N[C@@H](c1cc(Br)ccc1F)C1=C(CC(C)(C)CC1=O)N2. The molecule has 1 heterocycles. The van der Waals surface area contributed by atoms with Crippen molar-refractivity contribution in [3.63, 3.8) is 0 Å². The molecule has 2 aliphatic rings. The summed E-state index contributed by atoms with van der Waals surface area (Å²) < 4.78 is 15.6. The molecule has 1 atom stereocenters. The molecule has 2 aromatic rings. The Hall–Kier alpha value is -2.14. The van der Waals surface area contributed by atoms with Crippen molar-refractivity contribution in [2.24, 2.45) is 5.41 Å². The number of hydrogen-bond acceptors (Lipinski definition) is 3. The average molecular weight is 443 g/mol. The second-order valence-electron chi connectivity index (χ2n) is 8.68. The average Bonchev–Trinajstić information content (AvgIpc) is 2.73. The number of hydrogen-bond donors (Lipinski definition) is 2. The third kappa shape index (κ3) is 3.37. The third-order valence-electron chi connectivity index (χ3n) is 5.70. The molecule has 0 saturated carbocycles. The molecule has 0 radical (unpaired) electrons. The number of aryl methyl sites for hydroxylation is 2. The Kier molecular flexibility index (Phi) is 4.61. The van der Waals surface area contributed by atoms with Gasteiger partial charge in [0, 0.05) is 27.7 Å². The Balaban J connectivity index is 1.95. The molecule has 0 saturated heterocycles. The first-order valence-corrected chi connectivity index (χ1v) is 10.3. The Morgan fingerprint density at radius 3 is 2.46 bits per heavy atom. The van der Waals surface area contributed by atoms with E-state index in [1.807, 2.05) is 0 Å². The summed E-state index contributed by atoms with van der Waals surface area (Å²) in [5.41, 5.74) is 6.00. The Morgan fingerprint density at radius 1 is 1.07 bits per heavy atom. The smallest absolute Gasteiger partial charge is 0.163 e. The van der Waals surface area contributed by atoms with E-state index >= 15 is 0 Å². The number of carbonyl (C=O) groups is 1. The summed E-state index contributed by atoms with van der Waals surface area (Å²) in [6.45, 7) is 8.33. The Labute approximate surface area is 173 Å². The minimum atomic E-state index is -0.535. The summed E-state index contributed by atoms with van der Waals surface area (Å²) >= 11 is 3.45.